The van der Waals surface area contributed by atoms with Gasteiger partial charge in [0.1, 0.15) is 11.8 Å². The highest BCUT2D eigenvalue weighted by Crippen LogP contribution is 2.22. The van der Waals surface area contributed by atoms with Gasteiger partial charge in [-0.15, -0.1) is 0 Å². The second-order valence-electron chi connectivity index (χ2n) is 5.19. The molecule has 2 N–H and O–H groups in total. The van der Waals surface area contributed by atoms with Gasteiger partial charge in [0.05, 0.1) is 21.7 Å². The Kier molecular flexibility index (Phi) is 5.49. The second kappa shape index (κ2) is 7.76. The lowest BCUT2D eigenvalue weighted by molar-refractivity contribution is -0.384. The Morgan fingerprint density at radius 3 is 2.65 bits per heavy atom. The fourth-order valence-electron chi connectivity index (χ4n) is 2.00. The molecule has 0 saturated heterocycles. The highest BCUT2D eigenvalue weighted by molar-refractivity contribution is 5.98. The van der Waals surface area contributed by atoms with E-state index in [9.17, 15) is 24.8 Å². The molecule has 0 bridgehead atoms. The van der Waals surface area contributed by atoms with Gasteiger partial charge in [-0.3, -0.25) is 14.9 Å². The minimum Gasteiger partial charge on any atom is -0.508 e. The van der Waals surface area contributed by atoms with E-state index in [4.69, 9.17) is 10.00 Å². The van der Waals surface area contributed by atoms with Gasteiger partial charge in [-0.1, -0.05) is 6.07 Å². The van der Waals surface area contributed by atoms with Crippen LogP contribution in [0.1, 0.15) is 22.8 Å². The van der Waals surface area contributed by atoms with Gasteiger partial charge in [-0.2, -0.15) is 5.26 Å². The number of nitriles is 1. The maximum absolute atomic E-state index is 12.2. The molecule has 0 aliphatic rings. The summed E-state index contributed by atoms with van der Waals surface area (Å²) in [6.07, 6.45) is -1.20. The summed E-state index contributed by atoms with van der Waals surface area (Å²) in [5, 5.41) is 31.5. The van der Waals surface area contributed by atoms with Crippen LogP contribution in [0.25, 0.3) is 0 Å². The van der Waals surface area contributed by atoms with Gasteiger partial charge in [0.15, 0.2) is 6.10 Å². The molecule has 0 radical (unpaired) electrons. The van der Waals surface area contributed by atoms with Crippen LogP contribution in [-0.4, -0.2) is 28.0 Å². The molecule has 0 spiro atoms. The monoisotopic (exact) mass is 355 g/mol. The van der Waals surface area contributed by atoms with Crippen molar-refractivity contribution in [2.24, 2.45) is 0 Å². The Morgan fingerprint density at radius 1 is 1.31 bits per heavy atom. The number of nitrogens with zero attached hydrogens (tertiary/aromatic N) is 2. The van der Waals surface area contributed by atoms with E-state index < -0.39 is 22.9 Å². The van der Waals surface area contributed by atoms with Crippen LogP contribution >= 0.6 is 0 Å². The maximum Gasteiger partial charge on any atom is 0.339 e. The van der Waals surface area contributed by atoms with Crippen molar-refractivity contribution < 1.29 is 24.4 Å². The highest BCUT2D eigenvalue weighted by Gasteiger charge is 2.21. The van der Waals surface area contributed by atoms with Gasteiger partial charge < -0.3 is 15.2 Å². The van der Waals surface area contributed by atoms with Crippen molar-refractivity contribution in [2.45, 2.75) is 13.0 Å². The summed E-state index contributed by atoms with van der Waals surface area (Å²) in [5.74, 6) is -1.65. The number of carbonyl (C=O) groups excluding carboxylic acids is 2. The molecule has 0 heterocycles. The molecule has 1 amide bonds. The normalized spacial score (nSPS) is 11.1. The molecule has 2 aromatic rings. The van der Waals surface area contributed by atoms with Crippen LogP contribution in [0.5, 0.6) is 5.75 Å². The number of rotatable bonds is 5. The number of benzene rings is 2. The molecule has 9 nitrogen and oxygen atoms in total. The molecule has 0 unspecified atom stereocenters. The summed E-state index contributed by atoms with van der Waals surface area (Å²) >= 11 is 0. The number of hydrogen-bond donors (Lipinski definition) is 2. The molecular weight excluding hydrogens is 342 g/mol. The Morgan fingerprint density at radius 2 is 2.04 bits per heavy atom. The third-order valence-electron chi connectivity index (χ3n) is 3.33. The summed E-state index contributed by atoms with van der Waals surface area (Å²) in [7, 11) is 0. The number of nitro benzene ring substituents is 1. The lowest BCUT2D eigenvalue weighted by atomic mass is 10.1. The first-order valence-corrected chi connectivity index (χ1v) is 7.31. The first kappa shape index (κ1) is 18.4. The fourth-order valence-corrected chi connectivity index (χ4v) is 2.00. The average molecular weight is 355 g/mol. The van der Waals surface area contributed by atoms with E-state index >= 15 is 0 Å². The Labute approximate surface area is 147 Å². The molecule has 9 heteroatoms. The standard InChI is InChI=1S/C17H13N3O6/c1-10(26-17(23)11-3-2-4-14(21)8-11)16(22)19-15-6-5-13(20(24)25)7-12(15)9-18/h2-8,10,21H,1H3,(H,19,22)/t10-/m0/s1. The third-order valence-corrected chi connectivity index (χ3v) is 3.33. The van der Waals surface area contributed by atoms with Crippen molar-refractivity contribution in [1.82, 2.24) is 0 Å². The Balaban J connectivity index is 2.08. The largest absolute Gasteiger partial charge is 0.508 e. The van der Waals surface area contributed by atoms with Gasteiger partial charge in [0.2, 0.25) is 0 Å². The van der Waals surface area contributed by atoms with Crippen molar-refractivity contribution in [1.29, 1.82) is 5.26 Å². The van der Waals surface area contributed by atoms with E-state index in [0.29, 0.717) is 0 Å². The number of anilines is 1. The average Bonchev–Trinajstić information content (AvgIpc) is 2.61. The number of hydrogen-bond acceptors (Lipinski definition) is 7. The molecule has 0 fully saturated rings. The molecule has 0 aliphatic carbocycles. The van der Waals surface area contributed by atoms with Crippen molar-refractivity contribution >= 4 is 23.3 Å². The topological polar surface area (TPSA) is 143 Å². The molecular formula is C17H13N3O6. The van der Waals surface area contributed by atoms with E-state index in [1.807, 2.05) is 0 Å². The number of ether oxygens (including phenoxy) is 1. The van der Waals surface area contributed by atoms with Crippen molar-refractivity contribution in [2.75, 3.05) is 5.32 Å². The summed E-state index contributed by atoms with van der Waals surface area (Å²) in [6.45, 7) is 1.33. The lowest BCUT2D eigenvalue weighted by Gasteiger charge is -2.14. The maximum atomic E-state index is 12.2. The minimum absolute atomic E-state index is 0.0587. The number of phenolic OH excluding ortho intramolecular Hbond substituents is 1. The smallest absolute Gasteiger partial charge is 0.339 e. The van der Waals surface area contributed by atoms with Crippen LogP contribution in [0.4, 0.5) is 11.4 Å². The van der Waals surface area contributed by atoms with E-state index in [2.05, 4.69) is 5.32 Å². The van der Waals surface area contributed by atoms with Crippen LogP contribution in [0.15, 0.2) is 42.5 Å². The SMILES string of the molecule is C[C@H](OC(=O)c1cccc(O)c1)C(=O)Nc1ccc([N+](=O)[O-])cc1C#N. The van der Waals surface area contributed by atoms with Gasteiger partial charge >= 0.3 is 5.97 Å². The summed E-state index contributed by atoms with van der Waals surface area (Å²) in [6, 6.07) is 10.6. The number of aromatic hydroxyl groups is 1. The molecule has 0 saturated carbocycles. The van der Waals surface area contributed by atoms with E-state index in [-0.39, 0.29) is 28.3 Å². The molecule has 2 rings (SSSR count). The number of phenols is 1. The first-order chi connectivity index (χ1) is 12.3. The highest BCUT2D eigenvalue weighted by atomic mass is 16.6. The zero-order valence-corrected chi connectivity index (χ0v) is 13.5. The van der Waals surface area contributed by atoms with Gasteiger partial charge in [0.25, 0.3) is 11.6 Å². The zero-order valence-electron chi connectivity index (χ0n) is 13.5. The number of non-ortho nitro benzene ring substituents is 1. The van der Waals surface area contributed by atoms with E-state index in [1.54, 1.807) is 6.07 Å². The zero-order chi connectivity index (χ0) is 19.3. The van der Waals surface area contributed by atoms with Crippen molar-refractivity contribution in [3.8, 4) is 11.8 Å². The van der Waals surface area contributed by atoms with E-state index in [1.165, 1.54) is 37.3 Å². The number of nitro groups is 1. The lowest BCUT2D eigenvalue weighted by Crippen LogP contribution is -2.30. The second-order valence-corrected chi connectivity index (χ2v) is 5.19. The van der Waals surface area contributed by atoms with Gasteiger partial charge in [0, 0.05) is 12.1 Å². The molecule has 132 valence electrons. The summed E-state index contributed by atoms with van der Waals surface area (Å²) in [5.41, 5.74) is -0.261. The van der Waals surface area contributed by atoms with E-state index in [0.717, 1.165) is 12.1 Å². The number of nitrogens with one attached hydrogen (secondary N) is 1. The van der Waals surface area contributed by atoms with Gasteiger partial charge in [-0.25, -0.2) is 4.79 Å². The van der Waals surface area contributed by atoms with Crippen LogP contribution in [0, 0.1) is 21.4 Å². The molecule has 0 aliphatic heterocycles. The van der Waals surface area contributed by atoms with Crippen LogP contribution in [0.2, 0.25) is 0 Å². The van der Waals surface area contributed by atoms with Crippen LogP contribution < -0.4 is 5.32 Å². The molecule has 2 aromatic carbocycles. The summed E-state index contributed by atoms with van der Waals surface area (Å²) < 4.78 is 5.01. The Hall–Kier alpha value is -3.93. The van der Waals surface area contributed by atoms with Crippen molar-refractivity contribution in [3.63, 3.8) is 0 Å². The molecule has 26 heavy (non-hydrogen) atoms. The predicted octanol–water partition coefficient (Wildman–Crippen LogP) is 2.36. The Bertz CT molecular complexity index is 919. The molecule has 0 aromatic heterocycles. The van der Waals surface area contributed by atoms with Crippen LogP contribution in [-0.2, 0) is 9.53 Å². The van der Waals surface area contributed by atoms with Crippen molar-refractivity contribution in [3.05, 3.63) is 63.7 Å². The molecule has 1 atom stereocenters. The first-order valence-electron chi connectivity index (χ1n) is 7.31. The van der Waals surface area contributed by atoms with Crippen LogP contribution in [0.3, 0.4) is 0 Å². The minimum atomic E-state index is -1.20. The quantitative estimate of drug-likeness (QED) is 0.476. The van der Waals surface area contributed by atoms with Gasteiger partial charge in [-0.05, 0) is 31.2 Å². The summed E-state index contributed by atoms with van der Waals surface area (Å²) in [4.78, 5) is 34.2. The predicted molar refractivity (Wildman–Crippen MR) is 89.4 cm³/mol. The fraction of sp³-hybridized carbons (Fsp3) is 0.118. The number of esters is 1. The number of carbonyl (C=O) groups is 2. The third kappa shape index (κ3) is 4.33. The number of amides is 1.